The third-order valence-corrected chi connectivity index (χ3v) is 7.08. The van der Waals surface area contributed by atoms with Crippen LogP contribution < -0.4 is 20.9 Å². The van der Waals surface area contributed by atoms with Crippen molar-refractivity contribution in [1.29, 1.82) is 0 Å². The number of aliphatic carboxylic acids is 1. The van der Waals surface area contributed by atoms with E-state index in [9.17, 15) is 28.8 Å². The monoisotopic (exact) mass is 563 g/mol. The van der Waals surface area contributed by atoms with E-state index in [0.29, 0.717) is 12.8 Å². The standard InChI is InChI=1S/C26H34N3O9P/c1-4-22(31)28-17(2)25(16-8-11-19-9-6-5-7-10-19,26(23(27)32,24(33)34)29-18(3)30)20-12-14-21(15-13-20)38-39(35,36)37/h5-7,9-10,12-15,17H,4,8,11,16H2,1-3H3,(H2,27,32)(H,28,31)(H,29,30)(H,33,34)(H2,35,36,37). The molecule has 0 aliphatic carbocycles. The molecule has 12 nitrogen and oxygen atoms in total. The van der Waals surface area contributed by atoms with E-state index >= 15 is 0 Å². The SMILES string of the molecule is CCC(=O)NC(C)C(CCCc1ccccc1)(c1ccc(OP(=O)(O)O)cc1)C(NC(C)=O)(C(N)=O)C(=O)O. The molecular formula is C26H34N3O9P. The maximum atomic E-state index is 13.2. The average Bonchev–Trinajstić information content (AvgIpc) is 2.85. The number of aryl methyl sites for hydroxylation is 1. The number of rotatable bonds is 14. The van der Waals surface area contributed by atoms with Crippen molar-refractivity contribution in [3.05, 3.63) is 65.7 Å². The molecule has 0 radical (unpaired) electrons. The molecular weight excluding hydrogens is 529 g/mol. The van der Waals surface area contributed by atoms with Crippen molar-refractivity contribution in [2.45, 2.75) is 63.5 Å². The number of nitrogens with two attached hydrogens (primary N) is 1. The summed E-state index contributed by atoms with van der Waals surface area (Å²) < 4.78 is 15.9. The van der Waals surface area contributed by atoms with E-state index in [1.165, 1.54) is 31.2 Å². The molecule has 0 spiro atoms. The van der Waals surface area contributed by atoms with E-state index < -0.39 is 48.5 Å². The van der Waals surface area contributed by atoms with Gasteiger partial charge in [0.1, 0.15) is 5.75 Å². The molecule has 0 heterocycles. The Morgan fingerprint density at radius 1 is 1.05 bits per heavy atom. The van der Waals surface area contributed by atoms with Crippen LogP contribution >= 0.6 is 7.82 Å². The minimum Gasteiger partial charge on any atom is -0.479 e. The van der Waals surface area contributed by atoms with Gasteiger partial charge in [0.2, 0.25) is 17.4 Å². The zero-order valence-electron chi connectivity index (χ0n) is 21.9. The molecule has 2 aromatic carbocycles. The molecule has 7 N–H and O–H groups in total. The zero-order valence-corrected chi connectivity index (χ0v) is 22.8. The van der Waals surface area contributed by atoms with Gasteiger partial charge in [-0.05, 0) is 49.4 Å². The van der Waals surface area contributed by atoms with Crippen LogP contribution in [0.1, 0.15) is 51.2 Å². The van der Waals surface area contributed by atoms with Crippen molar-refractivity contribution in [3.63, 3.8) is 0 Å². The Balaban J connectivity index is 2.85. The van der Waals surface area contributed by atoms with E-state index in [1.807, 2.05) is 30.3 Å². The van der Waals surface area contributed by atoms with E-state index in [1.54, 1.807) is 6.92 Å². The summed E-state index contributed by atoms with van der Waals surface area (Å²) in [5, 5.41) is 15.6. The van der Waals surface area contributed by atoms with Gasteiger partial charge in [-0.3, -0.25) is 24.2 Å². The molecule has 0 saturated heterocycles. The highest BCUT2D eigenvalue weighted by Gasteiger charge is 2.65. The van der Waals surface area contributed by atoms with Crippen molar-refractivity contribution in [3.8, 4) is 5.75 Å². The minimum atomic E-state index is -4.90. The molecule has 0 aliphatic rings. The predicted molar refractivity (Wildman–Crippen MR) is 141 cm³/mol. The zero-order chi connectivity index (χ0) is 29.4. The number of phosphoric ester groups is 1. The summed E-state index contributed by atoms with van der Waals surface area (Å²) in [7, 11) is -4.90. The fourth-order valence-electron chi connectivity index (χ4n) is 4.98. The van der Waals surface area contributed by atoms with E-state index in [2.05, 4.69) is 15.2 Å². The highest BCUT2D eigenvalue weighted by Crippen LogP contribution is 2.45. The Bertz CT molecular complexity index is 1220. The largest absolute Gasteiger partial charge is 0.524 e. The predicted octanol–water partition coefficient (Wildman–Crippen LogP) is 1.78. The number of carbonyl (C=O) groups is 4. The van der Waals surface area contributed by atoms with E-state index in [4.69, 9.17) is 15.5 Å². The molecule has 0 saturated carbocycles. The van der Waals surface area contributed by atoms with E-state index in [-0.39, 0.29) is 24.2 Å². The number of nitrogens with one attached hydrogen (secondary N) is 2. The van der Waals surface area contributed by atoms with Crippen LogP contribution in [-0.4, -0.2) is 50.2 Å². The lowest BCUT2D eigenvalue weighted by atomic mass is 9.57. The number of primary amides is 1. The normalized spacial score (nSPS) is 15.2. The first-order chi connectivity index (χ1) is 18.2. The van der Waals surface area contributed by atoms with Gasteiger partial charge in [-0.2, -0.15) is 0 Å². The van der Waals surface area contributed by atoms with Gasteiger partial charge < -0.3 is 26.0 Å². The van der Waals surface area contributed by atoms with Gasteiger partial charge in [0.05, 0.1) is 5.41 Å². The number of phosphoric acid groups is 1. The molecule has 3 atom stereocenters. The minimum absolute atomic E-state index is 0.0519. The lowest BCUT2D eigenvalue weighted by molar-refractivity contribution is -0.158. The van der Waals surface area contributed by atoms with Crippen LogP contribution in [0, 0.1) is 0 Å². The Kier molecular flexibility index (Phi) is 10.4. The quantitative estimate of drug-likeness (QED) is 0.146. The van der Waals surface area contributed by atoms with Crippen molar-refractivity contribution in [1.82, 2.24) is 10.6 Å². The number of carboxylic acids is 1. The van der Waals surface area contributed by atoms with Crippen LogP contribution in [0.3, 0.4) is 0 Å². The molecule has 0 bridgehead atoms. The van der Waals surface area contributed by atoms with Gasteiger partial charge in [0, 0.05) is 19.4 Å². The van der Waals surface area contributed by atoms with Crippen molar-refractivity contribution in [2.24, 2.45) is 5.73 Å². The summed E-state index contributed by atoms with van der Waals surface area (Å²) in [5.74, 6) is -4.62. The Morgan fingerprint density at radius 3 is 2.10 bits per heavy atom. The third-order valence-electron chi connectivity index (χ3n) is 6.63. The molecule has 2 aromatic rings. The average molecular weight is 564 g/mol. The summed E-state index contributed by atoms with van der Waals surface area (Å²) in [6.45, 7) is 4.15. The van der Waals surface area contributed by atoms with Crippen LogP contribution in [0.25, 0.3) is 0 Å². The van der Waals surface area contributed by atoms with Gasteiger partial charge in [0.25, 0.3) is 5.91 Å². The number of amides is 3. The van der Waals surface area contributed by atoms with Gasteiger partial charge in [0.15, 0.2) is 0 Å². The highest BCUT2D eigenvalue weighted by atomic mass is 31.2. The number of benzene rings is 2. The lowest BCUT2D eigenvalue weighted by Crippen LogP contribution is -2.77. The maximum Gasteiger partial charge on any atom is 0.524 e. The van der Waals surface area contributed by atoms with Crippen molar-refractivity contribution >= 4 is 31.5 Å². The molecule has 3 amide bonds. The molecule has 0 fully saturated rings. The number of hydrogen-bond donors (Lipinski definition) is 6. The molecule has 3 unspecified atom stereocenters. The van der Waals surface area contributed by atoms with Gasteiger partial charge >= 0.3 is 13.8 Å². The molecule has 39 heavy (non-hydrogen) atoms. The maximum absolute atomic E-state index is 13.2. The smallest absolute Gasteiger partial charge is 0.479 e. The summed E-state index contributed by atoms with van der Waals surface area (Å²) in [4.78, 5) is 69.4. The summed E-state index contributed by atoms with van der Waals surface area (Å²) in [6.07, 6.45) is 0.765. The number of carboxylic acid groups (broad SMARTS) is 1. The van der Waals surface area contributed by atoms with Crippen LogP contribution in [0.5, 0.6) is 5.75 Å². The van der Waals surface area contributed by atoms with Crippen molar-refractivity contribution in [2.75, 3.05) is 0 Å². The Labute approximate surface area is 226 Å². The molecule has 2 rings (SSSR count). The second-order valence-corrected chi connectivity index (χ2v) is 10.3. The molecule has 0 aromatic heterocycles. The fraction of sp³-hybridized carbons (Fsp3) is 0.385. The van der Waals surface area contributed by atoms with Crippen LogP contribution in [-0.2, 0) is 35.6 Å². The topological polar surface area (TPSA) is 205 Å². The van der Waals surface area contributed by atoms with Crippen LogP contribution in [0.2, 0.25) is 0 Å². The lowest BCUT2D eigenvalue weighted by Gasteiger charge is -2.50. The Hall–Kier alpha value is -3.73. The first-order valence-electron chi connectivity index (χ1n) is 12.2. The summed E-state index contributed by atoms with van der Waals surface area (Å²) in [6, 6.07) is 13.2. The summed E-state index contributed by atoms with van der Waals surface area (Å²) >= 11 is 0. The molecule has 212 valence electrons. The van der Waals surface area contributed by atoms with Gasteiger partial charge in [-0.25, -0.2) is 9.36 Å². The highest BCUT2D eigenvalue weighted by molar-refractivity contribution is 7.46. The Morgan fingerprint density at radius 2 is 1.64 bits per heavy atom. The van der Waals surface area contributed by atoms with Crippen LogP contribution in [0.4, 0.5) is 0 Å². The second-order valence-electron chi connectivity index (χ2n) is 9.16. The summed E-state index contributed by atoms with van der Waals surface area (Å²) in [5.41, 5.74) is 2.26. The molecule has 13 heteroatoms. The van der Waals surface area contributed by atoms with E-state index in [0.717, 1.165) is 12.5 Å². The molecule has 0 aliphatic heterocycles. The first-order valence-corrected chi connectivity index (χ1v) is 13.7. The van der Waals surface area contributed by atoms with Gasteiger partial charge in [-0.15, -0.1) is 0 Å². The fourth-order valence-corrected chi connectivity index (χ4v) is 5.38. The number of carbonyl (C=O) groups excluding carboxylic acids is 3. The van der Waals surface area contributed by atoms with Gasteiger partial charge in [-0.1, -0.05) is 49.4 Å². The number of hydrogen-bond acceptors (Lipinski definition) is 6. The third kappa shape index (κ3) is 7.23. The second kappa shape index (κ2) is 12.9. The van der Waals surface area contributed by atoms with Crippen molar-refractivity contribution < 1.29 is 43.2 Å². The first kappa shape index (κ1) is 31.5. The van der Waals surface area contributed by atoms with Crippen LogP contribution in [0.15, 0.2) is 54.6 Å².